The normalized spacial score (nSPS) is 12.4. The number of benzene rings is 3. The third-order valence-electron chi connectivity index (χ3n) is 5.03. The van der Waals surface area contributed by atoms with Gasteiger partial charge in [-0.2, -0.15) is 13.2 Å². The summed E-state index contributed by atoms with van der Waals surface area (Å²) in [5.41, 5.74) is 2.20. The van der Waals surface area contributed by atoms with Crippen molar-refractivity contribution >= 4 is 21.1 Å². The summed E-state index contributed by atoms with van der Waals surface area (Å²) >= 11 is 0. The van der Waals surface area contributed by atoms with E-state index in [9.17, 15) is 21.6 Å². The third kappa shape index (κ3) is 4.86. The first-order valence-electron chi connectivity index (χ1n) is 9.86. The Morgan fingerprint density at radius 1 is 0.970 bits per heavy atom. The van der Waals surface area contributed by atoms with Crippen LogP contribution in [-0.2, 0) is 22.8 Å². The molecular weight excluding hydrogens is 455 g/mol. The van der Waals surface area contributed by atoms with E-state index in [1.807, 2.05) is 18.2 Å². The number of nitrogens with one attached hydrogen (secondary N) is 1. The second-order valence-corrected chi connectivity index (χ2v) is 9.69. The molecule has 0 bridgehead atoms. The Labute approximate surface area is 188 Å². The first kappa shape index (κ1) is 22.8. The first-order chi connectivity index (χ1) is 15.5. The molecule has 1 N–H and O–H groups in total. The van der Waals surface area contributed by atoms with Crippen molar-refractivity contribution in [3.8, 4) is 16.9 Å². The summed E-state index contributed by atoms with van der Waals surface area (Å²) in [6.45, 7) is 0.0476. The number of rotatable bonds is 6. The Morgan fingerprint density at radius 2 is 1.67 bits per heavy atom. The molecule has 0 aliphatic heterocycles. The number of nitrogens with zero attached hydrogens (tertiary/aromatic N) is 2. The molecule has 1 heterocycles. The highest BCUT2D eigenvalue weighted by atomic mass is 32.2. The molecule has 0 atom stereocenters. The van der Waals surface area contributed by atoms with Crippen molar-refractivity contribution < 1.29 is 26.3 Å². The van der Waals surface area contributed by atoms with Crippen molar-refractivity contribution in [1.29, 1.82) is 0 Å². The lowest BCUT2D eigenvalue weighted by Crippen LogP contribution is -2.22. The summed E-state index contributed by atoms with van der Waals surface area (Å²) in [6, 6.07) is 16.6. The van der Waals surface area contributed by atoms with Crippen LogP contribution in [-0.4, -0.2) is 36.8 Å². The second kappa shape index (κ2) is 8.53. The topological polar surface area (TPSA) is 75.3 Å². The number of aromatic amines is 1. The van der Waals surface area contributed by atoms with E-state index < -0.39 is 21.8 Å². The van der Waals surface area contributed by atoms with Crippen molar-refractivity contribution in [1.82, 2.24) is 14.3 Å². The highest BCUT2D eigenvalue weighted by Crippen LogP contribution is 2.30. The average molecular weight is 475 g/mol. The summed E-state index contributed by atoms with van der Waals surface area (Å²) in [4.78, 5) is 7.76. The van der Waals surface area contributed by atoms with Crippen LogP contribution in [0.3, 0.4) is 0 Å². The van der Waals surface area contributed by atoms with Gasteiger partial charge in [0.05, 0.1) is 21.5 Å². The van der Waals surface area contributed by atoms with Crippen LogP contribution in [0.5, 0.6) is 5.75 Å². The Kier molecular flexibility index (Phi) is 5.89. The molecule has 0 aliphatic carbocycles. The number of fused-ring (bicyclic) bond motifs is 1. The van der Waals surface area contributed by atoms with Gasteiger partial charge in [0.15, 0.2) is 0 Å². The lowest BCUT2D eigenvalue weighted by atomic mass is 10.1. The Hall–Kier alpha value is -3.37. The van der Waals surface area contributed by atoms with E-state index in [4.69, 9.17) is 4.74 Å². The van der Waals surface area contributed by atoms with E-state index in [0.29, 0.717) is 17.1 Å². The molecule has 4 aromatic rings. The second-order valence-electron chi connectivity index (χ2n) is 7.54. The lowest BCUT2D eigenvalue weighted by Gasteiger charge is -2.12. The standard InChI is InChI=1S/C23H20F3N3O3S/c1-29(2)33(30,31)19-5-3-4-15(12-19)16-6-11-20-21(13-16)28-22(27-20)14-32-18-9-7-17(8-10-18)23(24,25)26/h3-13H,14H2,1-2H3,(H,27,28). The molecule has 33 heavy (non-hydrogen) atoms. The minimum Gasteiger partial charge on any atom is -0.486 e. The predicted molar refractivity (Wildman–Crippen MR) is 118 cm³/mol. The molecular formula is C23H20F3N3O3S. The van der Waals surface area contributed by atoms with E-state index in [0.717, 1.165) is 33.1 Å². The monoisotopic (exact) mass is 475 g/mol. The summed E-state index contributed by atoms with van der Waals surface area (Å²) in [6.07, 6.45) is -4.40. The van der Waals surface area contributed by atoms with Gasteiger partial charge in [0, 0.05) is 14.1 Å². The lowest BCUT2D eigenvalue weighted by molar-refractivity contribution is -0.137. The molecule has 0 unspecified atom stereocenters. The molecule has 10 heteroatoms. The smallest absolute Gasteiger partial charge is 0.416 e. The minimum atomic E-state index is -4.40. The number of sulfonamides is 1. The van der Waals surface area contributed by atoms with E-state index in [-0.39, 0.29) is 11.5 Å². The molecule has 1 aromatic heterocycles. The van der Waals surface area contributed by atoms with Gasteiger partial charge in [0.2, 0.25) is 10.0 Å². The molecule has 0 amide bonds. The molecule has 0 fully saturated rings. The minimum absolute atomic E-state index is 0.0476. The van der Waals surface area contributed by atoms with Gasteiger partial charge in [0.25, 0.3) is 0 Å². The van der Waals surface area contributed by atoms with Gasteiger partial charge >= 0.3 is 6.18 Å². The van der Waals surface area contributed by atoms with Crippen LogP contribution in [0.2, 0.25) is 0 Å². The molecule has 0 saturated carbocycles. The highest BCUT2D eigenvalue weighted by Gasteiger charge is 2.30. The molecule has 6 nitrogen and oxygen atoms in total. The van der Waals surface area contributed by atoms with Crippen molar-refractivity contribution in [3.63, 3.8) is 0 Å². The molecule has 0 saturated heterocycles. The Balaban J connectivity index is 1.54. The van der Waals surface area contributed by atoms with Gasteiger partial charge in [0.1, 0.15) is 18.2 Å². The maximum atomic E-state index is 12.7. The zero-order chi connectivity index (χ0) is 23.8. The van der Waals surface area contributed by atoms with Gasteiger partial charge in [-0.3, -0.25) is 0 Å². The van der Waals surface area contributed by atoms with Crippen LogP contribution >= 0.6 is 0 Å². The third-order valence-corrected chi connectivity index (χ3v) is 6.85. The number of alkyl halides is 3. The summed E-state index contributed by atoms with van der Waals surface area (Å²) in [5.74, 6) is 0.800. The Morgan fingerprint density at radius 3 is 2.33 bits per heavy atom. The average Bonchev–Trinajstić information content (AvgIpc) is 3.19. The van der Waals surface area contributed by atoms with Crippen molar-refractivity contribution in [2.45, 2.75) is 17.7 Å². The highest BCUT2D eigenvalue weighted by molar-refractivity contribution is 7.89. The van der Waals surface area contributed by atoms with Crippen LogP contribution < -0.4 is 4.74 Å². The van der Waals surface area contributed by atoms with Crippen LogP contribution in [0, 0.1) is 0 Å². The van der Waals surface area contributed by atoms with Crippen LogP contribution in [0.25, 0.3) is 22.2 Å². The van der Waals surface area contributed by atoms with E-state index in [2.05, 4.69) is 9.97 Å². The van der Waals surface area contributed by atoms with Crippen molar-refractivity contribution in [2.75, 3.05) is 14.1 Å². The summed E-state index contributed by atoms with van der Waals surface area (Å²) in [5, 5.41) is 0. The number of ether oxygens (including phenoxy) is 1. The van der Waals surface area contributed by atoms with Gasteiger partial charge in [-0.1, -0.05) is 18.2 Å². The zero-order valence-electron chi connectivity index (χ0n) is 17.7. The van der Waals surface area contributed by atoms with Crippen LogP contribution in [0.4, 0.5) is 13.2 Å². The van der Waals surface area contributed by atoms with Gasteiger partial charge < -0.3 is 9.72 Å². The fraction of sp³-hybridized carbons (Fsp3) is 0.174. The molecule has 172 valence electrons. The molecule has 4 rings (SSSR count). The van der Waals surface area contributed by atoms with E-state index in [1.165, 1.54) is 26.2 Å². The maximum absolute atomic E-state index is 12.7. The van der Waals surface area contributed by atoms with Crippen LogP contribution in [0.1, 0.15) is 11.4 Å². The molecule has 3 aromatic carbocycles. The SMILES string of the molecule is CN(C)S(=O)(=O)c1cccc(-c2ccc3nc(COc4ccc(C(F)(F)F)cc4)[nH]c3c2)c1. The number of halogens is 3. The molecule has 0 radical (unpaired) electrons. The van der Waals surface area contributed by atoms with Crippen molar-refractivity contribution in [3.05, 3.63) is 78.1 Å². The summed E-state index contributed by atoms with van der Waals surface area (Å²) in [7, 11) is -0.598. The van der Waals surface area contributed by atoms with Gasteiger partial charge in [-0.15, -0.1) is 0 Å². The number of aromatic nitrogens is 2. The van der Waals surface area contributed by atoms with E-state index >= 15 is 0 Å². The number of imidazole rings is 1. The van der Waals surface area contributed by atoms with Crippen LogP contribution in [0.15, 0.2) is 71.6 Å². The Bertz CT molecular complexity index is 1400. The largest absolute Gasteiger partial charge is 0.486 e. The fourth-order valence-corrected chi connectivity index (χ4v) is 4.20. The van der Waals surface area contributed by atoms with E-state index in [1.54, 1.807) is 24.3 Å². The quantitative estimate of drug-likeness (QED) is 0.422. The fourth-order valence-electron chi connectivity index (χ4n) is 3.25. The number of H-pyrrole nitrogens is 1. The molecule has 0 spiro atoms. The maximum Gasteiger partial charge on any atom is 0.416 e. The molecule has 0 aliphatic rings. The van der Waals surface area contributed by atoms with Gasteiger partial charge in [-0.05, 0) is 59.7 Å². The van der Waals surface area contributed by atoms with Gasteiger partial charge in [-0.25, -0.2) is 17.7 Å². The zero-order valence-corrected chi connectivity index (χ0v) is 18.5. The summed E-state index contributed by atoms with van der Waals surface area (Å²) < 4.78 is 69.6. The van der Waals surface area contributed by atoms with Crippen molar-refractivity contribution in [2.24, 2.45) is 0 Å². The number of hydrogen-bond donors (Lipinski definition) is 1. The predicted octanol–water partition coefficient (Wildman–Crippen LogP) is 5.08. The first-order valence-corrected chi connectivity index (χ1v) is 11.3. The number of hydrogen-bond acceptors (Lipinski definition) is 4.